The van der Waals surface area contributed by atoms with Crippen LogP contribution < -0.4 is 10.1 Å². The molecule has 3 rings (SSSR count). The van der Waals surface area contributed by atoms with Crippen LogP contribution in [0.3, 0.4) is 0 Å². The van der Waals surface area contributed by atoms with Crippen LogP contribution in [0.15, 0.2) is 28.8 Å². The van der Waals surface area contributed by atoms with E-state index in [0.29, 0.717) is 41.8 Å². The quantitative estimate of drug-likeness (QED) is 0.733. The molecule has 1 fully saturated rings. The Morgan fingerprint density at radius 3 is 2.96 bits per heavy atom. The maximum atomic E-state index is 12.2. The molecule has 2 atom stereocenters. The number of nitrogens with one attached hydrogen (secondary N) is 1. The number of carbonyl (C=O) groups is 1. The molecule has 0 saturated heterocycles. The number of nitrogens with zero attached hydrogens (tertiary/aromatic N) is 2. The van der Waals surface area contributed by atoms with E-state index < -0.39 is 0 Å². The Bertz CT molecular complexity index is 750. The number of para-hydroxylation sites is 1. The van der Waals surface area contributed by atoms with Gasteiger partial charge in [0.25, 0.3) is 0 Å². The number of rotatable bonds is 8. The SMILES string of the molecule is CCOc1ccccc1-c1noc(CSCC(=O)N[C@@H]2CCCC[C@@H]2C)n1. The molecule has 1 aromatic heterocycles. The topological polar surface area (TPSA) is 77.2 Å². The third kappa shape index (κ3) is 5.48. The van der Waals surface area contributed by atoms with Crippen molar-refractivity contribution in [3.8, 4) is 17.1 Å². The standard InChI is InChI=1S/C20H27N3O3S/c1-3-25-17-11-7-5-9-15(17)20-22-19(26-23-20)13-27-12-18(24)21-16-10-6-4-8-14(16)2/h5,7,9,11,14,16H,3-4,6,8,10,12-13H2,1-2H3,(H,21,24)/t14-,16+/m0/s1. The predicted molar refractivity (Wildman–Crippen MR) is 107 cm³/mol. The molecule has 1 aliphatic carbocycles. The molecule has 7 heteroatoms. The first kappa shape index (κ1) is 19.7. The van der Waals surface area contributed by atoms with Crippen molar-refractivity contribution in [2.24, 2.45) is 5.92 Å². The third-order valence-corrected chi connectivity index (χ3v) is 5.73. The van der Waals surface area contributed by atoms with Crippen LogP contribution in [0.5, 0.6) is 5.75 Å². The minimum Gasteiger partial charge on any atom is -0.493 e. The lowest BCUT2D eigenvalue weighted by Gasteiger charge is -2.29. The van der Waals surface area contributed by atoms with Crippen molar-refractivity contribution in [1.29, 1.82) is 0 Å². The first-order valence-corrected chi connectivity index (χ1v) is 10.7. The summed E-state index contributed by atoms with van der Waals surface area (Å²) >= 11 is 1.49. The summed E-state index contributed by atoms with van der Waals surface area (Å²) in [6.45, 7) is 4.73. The van der Waals surface area contributed by atoms with Crippen LogP contribution in [0.2, 0.25) is 0 Å². The lowest BCUT2D eigenvalue weighted by atomic mass is 9.86. The summed E-state index contributed by atoms with van der Waals surface area (Å²) in [4.78, 5) is 16.6. The smallest absolute Gasteiger partial charge is 0.236 e. The van der Waals surface area contributed by atoms with E-state index in [-0.39, 0.29) is 5.91 Å². The monoisotopic (exact) mass is 389 g/mol. The van der Waals surface area contributed by atoms with Gasteiger partial charge < -0.3 is 14.6 Å². The van der Waals surface area contributed by atoms with Gasteiger partial charge in [0, 0.05) is 6.04 Å². The Morgan fingerprint density at radius 1 is 1.33 bits per heavy atom. The number of benzene rings is 1. The minimum absolute atomic E-state index is 0.0835. The van der Waals surface area contributed by atoms with Crippen molar-refractivity contribution in [1.82, 2.24) is 15.5 Å². The first-order chi connectivity index (χ1) is 13.2. The summed E-state index contributed by atoms with van der Waals surface area (Å²) in [5.41, 5.74) is 0.809. The van der Waals surface area contributed by atoms with Crippen molar-refractivity contribution in [3.05, 3.63) is 30.2 Å². The Morgan fingerprint density at radius 2 is 2.15 bits per heavy atom. The van der Waals surface area contributed by atoms with Crippen LogP contribution in [0, 0.1) is 5.92 Å². The van der Waals surface area contributed by atoms with Gasteiger partial charge in [-0.15, -0.1) is 11.8 Å². The highest BCUT2D eigenvalue weighted by Gasteiger charge is 2.22. The fraction of sp³-hybridized carbons (Fsp3) is 0.550. The predicted octanol–water partition coefficient (Wildman–Crippen LogP) is 4.06. The second-order valence-electron chi connectivity index (χ2n) is 6.87. The average molecular weight is 390 g/mol. The highest BCUT2D eigenvalue weighted by Crippen LogP contribution is 2.28. The van der Waals surface area contributed by atoms with Gasteiger partial charge in [0.05, 0.1) is 23.7 Å². The number of aromatic nitrogens is 2. The summed E-state index contributed by atoms with van der Waals surface area (Å²) in [6.07, 6.45) is 4.76. The van der Waals surface area contributed by atoms with E-state index in [1.165, 1.54) is 31.0 Å². The van der Waals surface area contributed by atoms with E-state index in [9.17, 15) is 4.79 Å². The van der Waals surface area contributed by atoms with Gasteiger partial charge in [-0.3, -0.25) is 4.79 Å². The second kappa shape index (κ2) is 9.78. The largest absolute Gasteiger partial charge is 0.493 e. The van der Waals surface area contributed by atoms with Crippen molar-refractivity contribution in [2.45, 2.75) is 51.3 Å². The number of hydrogen-bond acceptors (Lipinski definition) is 6. The zero-order chi connectivity index (χ0) is 19.1. The van der Waals surface area contributed by atoms with E-state index in [0.717, 1.165) is 17.7 Å². The van der Waals surface area contributed by atoms with Gasteiger partial charge in [-0.2, -0.15) is 4.98 Å². The van der Waals surface area contributed by atoms with E-state index in [1.54, 1.807) is 0 Å². The molecule has 1 aliphatic rings. The molecule has 0 aliphatic heterocycles. The fourth-order valence-electron chi connectivity index (χ4n) is 3.37. The van der Waals surface area contributed by atoms with Gasteiger partial charge in [0.1, 0.15) is 5.75 Å². The zero-order valence-corrected chi connectivity index (χ0v) is 16.8. The highest BCUT2D eigenvalue weighted by molar-refractivity contribution is 7.99. The van der Waals surface area contributed by atoms with Crippen molar-refractivity contribution >= 4 is 17.7 Å². The highest BCUT2D eigenvalue weighted by atomic mass is 32.2. The number of ether oxygens (including phenoxy) is 1. The summed E-state index contributed by atoms with van der Waals surface area (Å²) in [5.74, 6) is 3.32. The lowest BCUT2D eigenvalue weighted by Crippen LogP contribution is -2.41. The van der Waals surface area contributed by atoms with Gasteiger partial charge >= 0.3 is 0 Å². The Balaban J connectivity index is 1.49. The van der Waals surface area contributed by atoms with Crippen LogP contribution in [0.1, 0.15) is 45.4 Å². The molecule has 27 heavy (non-hydrogen) atoms. The van der Waals surface area contributed by atoms with Crippen LogP contribution >= 0.6 is 11.8 Å². The molecule has 2 aromatic rings. The van der Waals surface area contributed by atoms with Gasteiger partial charge in [-0.25, -0.2) is 0 Å². The maximum Gasteiger partial charge on any atom is 0.236 e. The molecule has 0 bridgehead atoms. The Labute approximate surface area is 164 Å². The number of carbonyl (C=O) groups excluding carboxylic acids is 1. The Hall–Kier alpha value is -2.02. The van der Waals surface area contributed by atoms with E-state index in [1.807, 2.05) is 31.2 Å². The fourth-order valence-corrected chi connectivity index (χ4v) is 4.03. The third-order valence-electron chi connectivity index (χ3n) is 4.81. The number of amides is 1. The summed E-state index contributed by atoms with van der Waals surface area (Å²) < 4.78 is 10.9. The molecule has 1 amide bonds. The van der Waals surface area contributed by atoms with Crippen LogP contribution in [-0.4, -0.2) is 34.4 Å². The van der Waals surface area contributed by atoms with E-state index >= 15 is 0 Å². The van der Waals surface area contributed by atoms with E-state index in [2.05, 4.69) is 22.4 Å². The summed E-state index contributed by atoms with van der Waals surface area (Å²) in [6, 6.07) is 7.94. The van der Waals surface area contributed by atoms with Gasteiger partial charge in [-0.1, -0.05) is 37.1 Å². The van der Waals surface area contributed by atoms with Crippen molar-refractivity contribution in [2.75, 3.05) is 12.4 Å². The van der Waals surface area contributed by atoms with Crippen molar-refractivity contribution in [3.63, 3.8) is 0 Å². The molecule has 0 radical (unpaired) electrons. The molecule has 1 aromatic carbocycles. The normalized spacial score (nSPS) is 19.6. The zero-order valence-electron chi connectivity index (χ0n) is 15.9. The maximum absolute atomic E-state index is 12.2. The molecule has 146 valence electrons. The lowest BCUT2D eigenvalue weighted by molar-refractivity contribution is -0.119. The molecular formula is C20H27N3O3S. The van der Waals surface area contributed by atoms with Gasteiger partial charge in [0.2, 0.25) is 17.6 Å². The summed E-state index contributed by atoms with van der Waals surface area (Å²) in [5, 5.41) is 7.22. The molecule has 0 spiro atoms. The van der Waals surface area contributed by atoms with Crippen LogP contribution in [0.4, 0.5) is 0 Å². The first-order valence-electron chi connectivity index (χ1n) is 9.59. The molecule has 6 nitrogen and oxygen atoms in total. The van der Waals surface area contributed by atoms with Gasteiger partial charge in [-0.05, 0) is 37.8 Å². The molecule has 1 saturated carbocycles. The van der Waals surface area contributed by atoms with Crippen molar-refractivity contribution < 1.29 is 14.1 Å². The molecule has 1 heterocycles. The molecular weight excluding hydrogens is 362 g/mol. The second-order valence-corrected chi connectivity index (χ2v) is 7.86. The van der Waals surface area contributed by atoms with Crippen LogP contribution in [-0.2, 0) is 10.5 Å². The van der Waals surface area contributed by atoms with E-state index in [4.69, 9.17) is 9.26 Å². The Kier molecular flexibility index (Phi) is 7.15. The molecule has 0 unspecified atom stereocenters. The average Bonchev–Trinajstić information content (AvgIpc) is 3.13. The van der Waals surface area contributed by atoms with Gasteiger partial charge in [0.15, 0.2) is 0 Å². The number of hydrogen-bond donors (Lipinski definition) is 1. The number of thioether (sulfide) groups is 1. The van der Waals surface area contributed by atoms with Crippen LogP contribution in [0.25, 0.3) is 11.4 Å². The molecule has 1 N–H and O–H groups in total. The minimum atomic E-state index is 0.0835. The summed E-state index contributed by atoms with van der Waals surface area (Å²) in [7, 11) is 0.